The van der Waals surface area contributed by atoms with Crippen LogP contribution < -0.4 is 13.8 Å². The van der Waals surface area contributed by atoms with Crippen LogP contribution in [0.4, 0.5) is 5.69 Å². The standard InChI is InChI=1S/C21H28N2O5S2/c1-16-14-21(17(2)13-20(16)23-11-4-5-12-29(23,24)25)30(26,27)22-10-9-18-7-6-8-19(15-18)28-3/h6-8,13-15,22H,4-5,9-12H2,1-3H3. The third-order valence-corrected chi connectivity index (χ3v) is 8.70. The van der Waals surface area contributed by atoms with Crippen LogP contribution in [0.5, 0.6) is 5.75 Å². The molecule has 1 fully saturated rings. The van der Waals surface area contributed by atoms with Crippen molar-refractivity contribution in [1.29, 1.82) is 0 Å². The van der Waals surface area contributed by atoms with Crippen LogP contribution in [0.1, 0.15) is 29.5 Å². The molecule has 0 aliphatic carbocycles. The van der Waals surface area contributed by atoms with Gasteiger partial charge in [-0.25, -0.2) is 21.6 Å². The molecule has 2 aromatic rings. The fraction of sp³-hybridized carbons (Fsp3) is 0.429. The number of benzene rings is 2. The summed E-state index contributed by atoms with van der Waals surface area (Å²) in [4.78, 5) is 0.170. The lowest BCUT2D eigenvalue weighted by Crippen LogP contribution is -2.38. The first-order chi connectivity index (χ1) is 14.1. The second kappa shape index (κ2) is 8.95. The van der Waals surface area contributed by atoms with Crippen LogP contribution in [0.2, 0.25) is 0 Å². The van der Waals surface area contributed by atoms with Crippen LogP contribution >= 0.6 is 0 Å². The Morgan fingerprint density at radius 1 is 1.10 bits per heavy atom. The van der Waals surface area contributed by atoms with E-state index < -0.39 is 20.0 Å². The smallest absolute Gasteiger partial charge is 0.240 e. The van der Waals surface area contributed by atoms with Crippen molar-refractivity contribution in [2.45, 2.75) is 38.0 Å². The lowest BCUT2D eigenvalue weighted by molar-refractivity contribution is 0.414. The number of methoxy groups -OCH3 is 1. The first kappa shape index (κ1) is 22.6. The molecular weight excluding hydrogens is 424 g/mol. The highest BCUT2D eigenvalue weighted by molar-refractivity contribution is 7.92. The van der Waals surface area contributed by atoms with Gasteiger partial charge in [0.25, 0.3) is 0 Å². The molecule has 3 rings (SSSR count). The van der Waals surface area contributed by atoms with E-state index in [0.717, 1.165) is 17.7 Å². The Labute approximate surface area is 179 Å². The molecule has 2 aromatic carbocycles. The molecule has 0 atom stereocenters. The van der Waals surface area contributed by atoms with Crippen LogP contribution in [0.3, 0.4) is 0 Å². The van der Waals surface area contributed by atoms with E-state index in [-0.39, 0.29) is 17.2 Å². The minimum Gasteiger partial charge on any atom is -0.497 e. The van der Waals surface area contributed by atoms with Gasteiger partial charge >= 0.3 is 0 Å². The summed E-state index contributed by atoms with van der Waals surface area (Å²) in [6, 6.07) is 10.7. The molecule has 0 saturated carbocycles. The van der Waals surface area contributed by atoms with Gasteiger partial charge in [-0.15, -0.1) is 0 Å². The highest BCUT2D eigenvalue weighted by atomic mass is 32.2. The van der Waals surface area contributed by atoms with Gasteiger partial charge in [-0.1, -0.05) is 12.1 Å². The molecule has 30 heavy (non-hydrogen) atoms. The fourth-order valence-electron chi connectivity index (χ4n) is 3.63. The Morgan fingerprint density at radius 3 is 2.57 bits per heavy atom. The summed E-state index contributed by atoms with van der Waals surface area (Å²) in [5.41, 5.74) is 2.67. The minimum atomic E-state index is -3.72. The van der Waals surface area contributed by atoms with Crippen molar-refractivity contribution in [3.05, 3.63) is 53.1 Å². The van der Waals surface area contributed by atoms with Crippen molar-refractivity contribution in [2.75, 3.05) is 30.3 Å². The van der Waals surface area contributed by atoms with Crippen molar-refractivity contribution < 1.29 is 21.6 Å². The van der Waals surface area contributed by atoms with Crippen molar-refractivity contribution >= 4 is 25.7 Å². The molecule has 0 unspecified atom stereocenters. The van der Waals surface area contributed by atoms with Gasteiger partial charge < -0.3 is 4.74 Å². The van der Waals surface area contributed by atoms with Crippen LogP contribution in [0.25, 0.3) is 0 Å². The molecule has 0 spiro atoms. The summed E-state index contributed by atoms with van der Waals surface area (Å²) in [5, 5.41) is 0. The van der Waals surface area contributed by atoms with Gasteiger partial charge in [0, 0.05) is 13.1 Å². The first-order valence-corrected chi connectivity index (χ1v) is 13.0. The van der Waals surface area contributed by atoms with Gasteiger partial charge in [0.2, 0.25) is 20.0 Å². The number of anilines is 1. The fourth-order valence-corrected chi connectivity index (χ4v) is 6.66. The van der Waals surface area contributed by atoms with Crippen LogP contribution in [0, 0.1) is 13.8 Å². The Balaban J connectivity index is 1.78. The molecule has 0 radical (unpaired) electrons. The van der Waals surface area contributed by atoms with Gasteiger partial charge in [0.15, 0.2) is 0 Å². The number of rotatable bonds is 7. The predicted molar refractivity (Wildman–Crippen MR) is 118 cm³/mol. The number of hydrogen-bond acceptors (Lipinski definition) is 5. The third kappa shape index (κ3) is 4.96. The molecule has 0 bridgehead atoms. The third-order valence-electron chi connectivity index (χ3n) is 5.24. The molecule has 1 aliphatic rings. The Bertz CT molecular complexity index is 1130. The van der Waals surface area contributed by atoms with Gasteiger partial charge in [0.05, 0.1) is 23.4 Å². The summed E-state index contributed by atoms with van der Waals surface area (Å²) in [6.45, 7) is 4.11. The second-order valence-electron chi connectivity index (χ2n) is 7.50. The van der Waals surface area contributed by atoms with Gasteiger partial charge in [-0.3, -0.25) is 4.31 Å². The number of aryl methyl sites for hydroxylation is 2. The average Bonchev–Trinajstić information content (AvgIpc) is 2.69. The lowest BCUT2D eigenvalue weighted by atomic mass is 10.1. The van der Waals surface area contributed by atoms with E-state index in [1.807, 2.05) is 24.3 Å². The van der Waals surface area contributed by atoms with Crippen LogP contribution in [-0.2, 0) is 26.5 Å². The van der Waals surface area contributed by atoms with Crippen LogP contribution in [-0.4, -0.2) is 42.8 Å². The van der Waals surface area contributed by atoms with Gasteiger partial charge in [-0.2, -0.15) is 0 Å². The lowest BCUT2D eigenvalue weighted by Gasteiger charge is -2.30. The minimum absolute atomic E-state index is 0.122. The van der Waals surface area contributed by atoms with Gasteiger partial charge in [0.1, 0.15) is 5.75 Å². The Morgan fingerprint density at radius 2 is 1.87 bits per heavy atom. The molecule has 0 aromatic heterocycles. The number of nitrogens with one attached hydrogen (secondary N) is 1. The molecule has 164 valence electrons. The maximum atomic E-state index is 12.9. The molecule has 1 N–H and O–H groups in total. The van der Waals surface area contributed by atoms with E-state index in [2.05, 4.69) is 4.72 Å². The van der Waals surface area contributed by atoms with Crippen molar-refractivity contribution in [3.8, 4) is 5.75 Å². The molecule has 1 saturated heterocycles. The van der Waals surface area contributed by atoms with Crippen molar-refractivity contribution in [1.82, 2.24) is 4.72 Å². The first-order valence-electron chi connectivity index (χ1n) is 9.88. The SMILES string of the molecule is COc1cccc(CCNS(=O)(=O)c2cc(C)c(N3CCCCS3(=O)=O)cc2C)c1. The van der Waals surface area contributed by atoms with E-state index in [9.17, 15) is 16.8 Å². The monoisotopic (exact) mass is 452 g/mol. The maximum absolute atomic E-state index is 12.9. The summed E-state index contributed by atoms with van der Waals surface area (Å²) >= 11 is 0. The molecule has 0 amide bonds. The number of sulfonamides is 2. The summed E-state index contributed by atoms with van der Waals surface area (Å²) in [6.07, 6.45) is 1.97. The number of ether oxygens (including phenoxy) is 1. The normalized spacial score (nSPS) is 16.4. The summed E-state index contributed by atoms with van der Waals surface area (Å²) in [5.74, 6) is 0.849. The summed E-state index contributed by atoms with van der Waals surface area (Å²) in [7, 11) is -5.49. The Hall–Kier alpha value is -2.10. The zero-order chi connectivity index (χ0) is 21.9. The highest BCUT2D eigenvalue weighted by Gasteiger charge is 2.28. The predicted octanol–water partition coefficient (Wildman–Crippen LogP) is 2.76. The molecule has 9 heteroatoms. The molecule has 1 aliphatic heterocycles. The quantitative estimate of drug-likeness (QED) is 0.697. The zero-order valence-electron chi connectivity index (χ0n) is 17.5. The topological polar surface area (TPSA) is 92.8 Å². The number of hydrogen-bond donors (Lipinski definition) is 1. The second-order valence-corrected chi connectivity index (χ2v) is 11.2. The highest BCUT2D eigenvalue weighted by Crippen LogP contribution is 2.31. The van der Waals surface area contributed by atoms with E-state index in [1.165, 1.54) is 4.31 Å². The van der Waals surface area contributed by atoms with Crippen LogP contribution in [0.15, 0.2) is 41.3 Å². The van der Waals surface area contributed by atoms with E-state index >= 15 is 0 Å². The van der Waals surface area contributed by atoms with Gasteiger partial charge in [-0.05, 0) is 74.1 Å². The average molecular weight is 453 g/mol. The van der Waals surface area contributed by atoms with E-state index in [0.29, 0.717) is 36.2 Å². The van der Waals surface area contributed by atoms with E-state index in [1.54, 1.807) is 33.1 Å². The molecular formula is C21H28N2O5S2. The Kier molecular flexibility index (Phi) is 6.74. The zero-order valence-corrected chi connectivity index (χ0v) is 19.1. The van der Waals surface area contributed by atoms with Crippen molar-refractivity contribution in [2.24, 2.45) is 0 Å². The molecule has 1 heterocycles. The van der Waals surface area contributed by atoms with E-state index in [4.69, 9.17) is 4.74 Å². The van der Waals surface area contributed by atoms with Crippen molar-refractivity contribution in [3.63, 3.8) is 0 Å². The number of nitrogens with zero attached hydrogens (tertiary/aromatic N) is 1. The summed E-state index contributed by atoms with van der Waals surface area (Å²) < 4.78 is 59.8. The molecule has 7 nitrogen and oxygen atoms in total. The largest absolute Gasteiger partial charge is 0.497 e. The maximum Gasteiger partial charge on any atom is 0.240 e.